The third-order valence-electron chi connectivity index (χ3n) is 3.23. The van der Waals surface area contributed by atoms with Crippen LogP contribution in [-0.4, -0.2) is 25.1 Å². The average Bonchev–Trinajstić information content (AvgIpc) is 2.41. The van der Waals surface area contributed by atoms with E-state index in [9.17, 15) is 4.79 Å². The number of carbonyl (C=O) groups is 1. The lowest BCUT2D eigenvalue weighted by Crippen LogP contribution is -2.46. The number of rotatable bonds is 5. The molecule has 0 fully saturated rings. The molecule has 1 amide bonds. The van der Waals surface area contributed by atoms with E-state index in [0.717, 1.165) is 24.3 Å². The lowest BCUT2D eigenvalue weighted by molar-refractivity contribution is -0.126. The summed E-state index contributed by atoms with van der Waals surface area (Å²) < 4.78 is 5.71. The van der Waals surface area contributed by atoms with Crippen molar-refractivity contribution in [3.05, 3.63) is 23.2 Å². The zero-order chi connectivity index (χ0) is 13.8. The van der Waals surface area contributed by atoms with Crippen LogP contribution < -0.4 is 15.4 Å². The van der Waals surface area contributed by atoms with Gasteiger partial charge < -0.3 is 15.4 Å². The summed E-state index contributed by atoms with van der Waals surface area (Å²) in [6.45, 7) is 3.24. The molecule has 0 saturated heterocycles. The van der Waals surface area contributed by atoms with Crippen molar-refractivity contribution in [2.75, 3.05) is 18.0 Å². The number of ether oxygens (including phenoxy) is 1. The summed E-state index contributed by atoms with van der Waals surface area (Å²) in [7, 11) is 0. The molecule has 0 bridgehead atoms. The summed E-state index contributed by atoms with van der Waals surface area (Å²) in [5.41, 5.74) is 6.26. The van der Waals surface area contributed by atoms with E-state index in [1.54, 1.807) is 17.0 Å². The number of nitrogens with two attached hydrogens (primary N) is 1. The molecule has 1 aromatic carbocycles. The van der Waals surface area contributed by atoms with Gasteiger partial charge in [0.1, 0.15) is 5.75 Å². The lowest BCUT2D eigenvalue weighted by Gasteiger charge is -2.34. The predicted molar refractivity (Wildman–Crippen MR) is 76.8 cm³/mol. The van der Waals surface area contributed by atoms with Gasteiger partial charge in [-0.05, 0) is 44.0 Å². The van der Waals surface area contributed by atoms with Gasteiger partial charge in [-0.1, -0.05) is 18.5 Å². The molecule has 1 aliphatic rings. The number of hydrogen-bond donors (Lipinski definition) is 1. The Morgan fingerprint density at radius 2 is 2.21 bits per heavy atom. The second-order valence-electron chi connectivity index (χ2n) is 4.61. The van der Waals surface area contributed by atoms with Gasteiger partial charge in [-0.3, -0.25) is 4.79 Å². The highest BCUT2D eigenvalue weighted by molar-refractivity contribution is 6.31. The van der Waals surface area contributed by atoms with Crippen molar-refractivity contribution in [3.8, 4) is 5.75 Å². The molecule has 1 unspecified atom stereocenters. The fourth-order valence-corrected chi connectivity index (χ4v) is 2.37. The Bertz CT molecular complexity index is 465. The summed E-state index contributed by atoms with van der Waals surface area (Å²) >= 11 is 6.01. The van der Waals surface area contributed by atoms with Gasteiger partial charge in [-0.2, -0.15) is 0 Å². The van der Waals surface area contributed by atoms with Crippen molar-refractivity contribution in [3.63, 3.8) is 0 Å². The molecule has 5 heteroatoms. The Balaban J connectivity index is 2.27. The van der Waals surface area contributed by atoms with Crippen LogP contribution in [0.15, 0.2) is 18.2 Å². The molecule has 104 valence electrons. The third-order valence-corrected chi connectivity index (χ3v) is 3.46. The van der Waals surface area contributed by atoms with Crippen LogP contribution >= 0.6 is 11.6 Å². The molecule has 0 radical (unpaired) electrons. The second kappa shape index (κ2) is 6.26. The van der Waals surface area contributed by atoms with E-state index in [4.69, 9.17) is 22.1 Å². The molecule has 1 aliphatic heterocycles. The van der Waals surface area contributed by atoms with Crippen LogP contribution in [0.3, 0.4) is 0 Å². The van der Waals surface area contributed by atoms with E-state index in [1.165, 1.54) is 0 Å². The molecule has 2 N–H and O–H groups in total. The van der Waals surface area contributed by atoms with Crippen molar-refractivity contribution >= 4 is 23.2 Å². The minimum absolute atomic E-state index is 0.00860. The zero-order valence-electron chi connectivity index (χ0n) is 11.1. The van der Waals surface area contributed by atoms with Crippen molar-refractivity contribution < 1.29 is 9.53 Å². The first kappa shape index (κ1) is 14.2. The van der Waals surface area contributed by atoms with E-state index >= 15 is 0 Å². The normalized spacial score (nSPS) is 18.2. The molecule has 0 aromatic heterocycles. The van der Waals surface area contributed by atoms with Gasteiger partial charge in [0.25, 0.3) is 5.91 Å². The van der Waals surface area contributed by atoms with Gasteiger partial charge in [0.2, 0.25) is 0 Å². The predicted octanol–water partition coefficient (Wildman–Crippen LogP) is 2.58. The van der Waals surface area contributed by atoms with E-state index in [0.29, 0.717) is 24.5 Å². The number of benzene rings is 1. The monoisotopic (exact) mass is 282 g/mol. The van der Waals surface area contributed by atoms with E-state index in [1.807, 2.05) is 13.0 Å². The molecule has 0 aliphatic carbocycles. The fourth-order valence-electron chi connectivity index (χ4n) is 2.20. The summed E-state index contributed by atoms with van der Waals surface area (Å²) in [6.07, 6.45) is 2.04. The number of halogens is 1. The van der Waals surface area contributed by atoms with Crippen LogP contribution in [0.4, 0.5) is 5.69 Å². The minimum atomic E-state index is -0.397. The van der Waals surface area contributed by atoms with E-state index < -0.39 is 6.10 Å². The summed E-state index contributed by atoms with van der Waals surface area (Å²) in [6, 6.07) is 5.38. The van der Waals surface area contributed by atoms with Crippen LogP contribution in [0.5, 0.6) is 5.75 Å². The van der Waals surface area contributed by atoms with Gasteiger partial charge in [0.15, 0.2) is 6.10 Å². The number of anilines is 1. The Labute approximate surface area is 118 Å². The van der Waals surface area contributed by atoms with Crippen molar-refractivity contribution in [1.82, 2.24) is 0 Å². The molecule has 1 aromatic rings. The van der Waals surface area contributed by atoms with Gasteiger partial charge in [0, 0.05) is 11.6 Å². The topological polar surface area (TPSA) is 55.6 Å². The number of nitrogens with zero attached hydrogens (tertiary/aromatic N) is 1. The highest BCUT2D eigenvalue weighted by Crippen LogP contribution is 2.36. The van der Waals surface area contributed by atoms with Gasteiger partial charge in [-0.15, -0.1) is 0 Å². The Morgan fingerprint density at radius 1 is 1.42 bits per heavy atom. The molecule has 19 heavy (non-hydrogen) atoms. The average molecular weight is 283 g/mol. The molecule has 2 rings (SSSR count). The second-order valence-corrected chi connectivity index (χ2v) is 5.05. The van der Waals surface area contributed by atoms with Crippen molar-refractivity contribution in [2.45, 2.75) is 32.3 Å². The lowest BCUT2D eigenvalue weighted by atomic mass is 10.1. The van der Waals surface area contributed by atoms with Gasteiger partial charge in [0.05, 0.1) is 5.69 Å². The quantitative estimate of drug-likeness (QED) is 0.845. The van der Waals surface area contributed by atoms with Gasteiger partial charge in [-0.25, -0.2) is 0 Å². The largest absolute Gasteiger partial charge is 0.478 e. The van der Waals surface area contributed by atoms with Crippen LogP contribution in [0.25, 0.3) is 0 Å². The first-order chi connectivity index (χ1) is 9.17. The first-order valence-electron chi connectivity index (χ1n) is 6.65. The molecule has 1 heterocycles. The number of amides is 1. The zero-order valence-corrected chi connectivity index (χ0v) is 11.8. The molecular formula is C14H19ClN2O2. The van der Waals surface area contributed by atoms with E-state index in [2.05, 4.69) is 0 Å². The van der Waals surface area contributed by atoms with Crippen molar-refractivity contribution in [1.29, 1.82) is 0 Å². The smallest absolute Gasteiger partial charge is 0.268 e. The number of unbranched alkanes of at least 4 members (excludes halogenated alkanes) is 1. The van der Waals surface area contributed by atoms with E-state index in [-0.39, 0.29) is 5.91 Å². The number of hydrogen-bond acceptors (Lipinski definition) is 3. The fraction of sp³-hybridized carbons (Fsp3) is 0.500. The SMILES string of the molecule is CCC1Oc2ccc(Cl)cc2N(CCCCN)C1=O. The molecule has 0 saturated carbocycles. The maximum atomic E-state index is 12.4. The number of carbonyl (C=O) groups excluding carboxylic acids is 1. The highest BCUT2D eigenvalue weighted by Gasteiger charge is 2.32. The van der Waals surface area contributed by atoms with Crippen LogP contribution in [0.1, 0.15) is 26.2 Å². The Kier molecular flexibility index (Phi) is 4.66. The molecular weight excluding hydrogens is 264 g/mol. The minimum Gasteiger partial charge on any atom is -0.478 e. The van der Waals surface area contributed by atoms with Gasteiger partial charge >= 0.3 is 0 Å². The summed E-state index contributed by atoms with van der Waals surface area (Å²) in [4.78, 5) is 14.1. The Hall–Kier alpha value is -1.26. The number of fused-ring (bicyclic) bond motifs is 1. The summed E-state index contributed by atoms with van der Waals surface area (Å²) in [5.74, 6) is 0.734. The molecule has 4 nitrogen and oxygen atoms in total. The maximum Gasteiger partial charge on any atom is 0.268 e. The van der Waals surface area contributed by atoms with Crippen LogP contribution in [0, 0.1) is 0 Å². The first-order valence-corrected chi connectivity index (χ1v) is 7.02. The maximum absolute atomic E-state index is 12.4. The third kappa shape index (κ3) is 3.01. The standard InChI is InChI=1S/C14H19ClN2O2/c1-2-12-14(18)17(8-4-3-7-16)11-9-10(15)5-6-13(11)19-12/h5-6,9,12H,2-4,7-8,16H2,1H3. The molecule has 0 spiro atoms. The Morgan fingerprint density at radius 3 is 2.89 bits per heavy atom. The molecule has 1 atom stereocenters. The van der Waals surface area contributed by atoms with Crippen molar-refractivity contribution in [2.24, 2.45) is 5.73 Å². The van der Waals surface area contributed by atoms with Crippen LogP contribution in [0.2, 0.25) is 5.02 Å². The summed E-state index contributed by atoms with van der Waals surface area (Å²) in [5, 5.41) is 0.605. The highest BCUT2D eigenvalue weighted by atomic mass is 35.5. The van der Waals surface area contributed by atoms with Crippen LogP contribution in [-0.2, 0) is 4.79 Å².